The van der Waals surface area contributed by atoms with Crippen molar-refractivity contribution in [2.75, 3.05) is 13.2 Å². The number of benzene rings is 3. The molecule has 0 fully saturated rings. The van der Waals surface area contributed by atoms with Gasteiger partial charge in [0.1, 0.15) is 11.5 Å². The third-order valence-corrected chi connectivity index (χ3v) is 4.72. The Bertz CT molecular complexity index is 981. The number of hydrogen-bond acceptors (Lipinski definition) is 3. The van der Waals surface area contributed by atoms with Crippen LogP contribution in [0.2, 0.25) is 10.0 Å². The Morgan fingerprint density at radius 1 is 0.964 bits per heavy atom. The summed E-state index contributed by atoms with van der Waals surface area (Å²) in [5.41, 5.74) is 1.17. The maximum Gasteiger partial charge on any atom is 0.216 e. The second-order valence-electron chi connectivity index (χ2n) is 6.33. The van der Waals surface area contributed by atoms with Crippen LogP contribution in [-0.2, 0) is 11.2 Å². The molecular weight excluding hydrogens is 397 g/mol. The number of ether oxygens (including phenoxy) is 2. The van der Waals surface area contributed by atoms with Crippen molar-refractivity contribution in [3.63, 3.8) is 0 Å². The molecule has 3 aromatic carbocycles. The summed E-state index contributed by atoms with van der Waals surface area (Å²) in [4.78, 5) is 11.0. The van der Waals surface area contributed by atoms with Crippen LogP contribution in [0.15, 0.2) is 48.5 Å². The lowest BCUT2D eigenvalue weighted by Gasteiger charge is -2.12. The largest absolute Gasteiger partial charge is 0.491 e. The molecule has 4 nitrogen and oxygen atoms in total. The fourth-order valence-electron chi connectivity index (χ4n) is 2.89. The van der Waals surface area contributed by atoms with Crippen molar-refractivity contribution in [3.05, 3.63) is 64.1 Å². The van der Waals surface area contributed by atoms with E-state index in [4.69, 9.17) is 32.7 Å². The maximum atomic E-state index is 11.0. The highest BCUT2D eigenvalue weighted by Crippen LogP contribution is 2.38. The van der Waals surface area contributed by atoms with Gasteiger partial charge in [-0.3, -0.25) is 4.79 Å². The third kappa shape index (κ3) is 5.09. The molecule has 28 heavy (non-hydrogen) atoms. The monoisotopic (exact) mass is 417 g/mol. The predicted molar refractivity (Wildman–Crippen MR) is 114 cm³/mol. The highest BCUT2D eigenvalue weighted by Gasteiger charge is 2.11. The molecule has 1 amide bonds. The molecule has 0 aliphatic heterocycles. The molecule has 0 heterocycles. The smallest absolute Gasteiger partial charge is 0.216 e. The molecule has 0 radical (unpaired) electrons. The van der Waals surface area contributed by atoms with E-state index in [1.165, 1.54) is 12.5 Å². The first-order valence-electron chi connectivity index (χ1n) is 9.03. The number of halogens is 2. The summed E-state index contributed by atoms with van der Waals surface area (Å²) < 4.78 is 11.4. The number of amides is 1. The summed E-state index contributed by atoms with van der Waals surface area (Å²) in [5.74, 6) is 1.68. The van der Waals surface area contributed by atoms with E-state index in [-0.39, 0.29) is 5.91 Å². The SMILES string of the molecule is CCOc1c(Cl)cc(Oc2ccc3cc(CCNC(C)=O)ccc3c2)cc1Cl. The van der Waals surface area contributed by atoms with Gasteiger partial charge in [-0.05, 0) is 41.8 Å². The molecule has 0 aliphatic carbocycles. The molecule has 0 atom stereocenters. The van der Waals surface area contributed by atoms with E-state index in [1.54, 1.807) is 12.1 Å². The highest BCUT2D eigenvalue weighted by atomic mass is 35.5. The van der Waals surface area contributed by atoms with Crippen LogP contribution < -0.4 is 14.8 Å². The Hall–Kier alpha value is -2.43. The predicted octanol–water partition coefficient (Wildman–Crippen LogP) is 6.02. The molecule has 0 aliphatic rings. The van der Waals surface area contributed by atoms with Gasteiger partial charge in [0, 0.05) is 25.6 Å². The minimum absolute atomic E-state index is 0.0166. The number of nitrogens with one attached hydrogen (secondary N) is 1. The van der Waals surface area contributed by atoms with Crippen LogP contribution in [0.1, 0.15) is 19.4 Å². The molecule has 0 unspecified atom stereocenters. The normalized spacial score (nSPS) is 10.7. The molecule has 0 saturated carbocycles. The lowest BCUT2D eigenvalue weighted by molar-refractivity contribution is -0.118. The number of fused-ring (bicyclic) bond motifs is 1. The zero-order chi connectivity index (χ0) is 20.1. The van der Waals surface area contributed by atoms with Gasteiger partial charge in [0.05, 0.1) is 16.7 Å². The first-order valence-corrected chi connectivity index (χ1v) is 9.78. The quantitative estimate of drug-likeness (QED) is 0.511. The van der Waals surface area contributed by atoms with Crippen LogP contribution in [-0.4, -0.2) is 19.1 Å². The average Bonchev–Trinajstić information content (AvgIpc) is 2.64. The Morgan fingerprint density at radius 3 is 2.32 bits per heavy atom. The molecule has 0 aromatic heterocycles. The van der Waals surface area contributed by atoms with Crippen molar-refractivity contribution in [1.29, 1.82) is 0 Å². The number of hydrogen-bond donors (Lipinski definition) is 1. The second kappa shape index (κ2) is 9.18. The van der Waals surface area contributed by atoms with Crippen molar-refractivity contribution >= 4 is 39.9 Å². The number of carbonyl (C=O) groups is 1. The topological polar surface area (TPSA) is 47.6 Å². The fraction of sp³-hybridized carbons (Fsp3) is 0.227. The summed E-state index contributed by atoms with van der Waals surface area (Å²) in [6.07, 6.45) is 0.789. The summed E-state index contributed by atoms with van der Waals surface area (Å²) in [6.45, 7) is 4.50. The standard InChI is InChI=1S/C22H21Cl2NO3/c1-3-27-22-20(23)12-19(13-21(22)24)28-18-7-6-16-10-15(4-5-17(16)11-18)8-9-25-14(2)26/h4-7,10-13H,3,8-9H2,1-2H3,(H,25,26). The van der Waals surface area contributed by atoms with Crippen LogP contribution in [0.5, 0.6) is 17.2 Å². The zero-order valence-electron chi connectivity index (χ0n) is 15.7. The highest BCUT2D eigenvalue weighted by molar-refractivity contribution is 6.37. The lowest BCUT2D eigenvalue weighted by Crippen LogP contribution is -2.22. The van der Waals surface area contributed by atoms with Gasteiger partial charge >= 0.3 is 0 Å². The van der Waals surface area contributed by atoms with Gasteiger partial charge in [-0.25, -0.2) is 0 Å². The van der Waals surface area contributed by atoms with Crippen molar-refractivity contribution in [2.45, 2.75) is 20.3 Å². The Kier molecular flexibility index (Phi) is 6.65. The minimum atomic E-state index is -0.0166. The maximum absolute atomic E-state index is 11.0. The van der Waals surface area contributed by atoms with Gasteiger partial charge in [-0.1, -0.05) is 47.5 Å². The van der Waals surface area contributed by atoms with E-state index in [0.29, 0.717) is 40.4 Å². The zero-order valence-corrected chi connectivity index (χ0v) is 17.2. The van der Waals surface area contributed by atoms with Gasteiger partial charge in [0.15, 0.2) is 5.75 Å². The van der Waals surface area contributed by atoms with E-state index in [1.807, 2.05) is 31.2 Å². The summed E-state index contributed by atoms with van der Waals surface area (Å²) in [7, 11) is 0. The van der Waals surface area contributed by atoms with Gasteiger partial charge in [-0.2, -0.15) is 0 Å². The van der Waals surface area contributed by atoms with Crippen molar-refractivity contribution in [2.24, 2.45) is 0 Å². The van der Waals surface area contributed by atoms with Gasteiger partial charge < -0.3 is 14.8 Å². The summed E-state index contributed by atoms with van der Waals surface area (Å²) in [6, 6.07) is 15.5. The average molecular weight is 418 g/mol. The number of rotatable bonds is 7. The number of carbonyl (C=O) groups excluding carboxylic acids is 1. The van der Waals surface area contributed by atoms with E-state index >= 15 is 0 Å². The molecule has 3 rings (SSSR count). The van der Waals surface area contributed by atoms with Crippen molar-refractivity contribution in [1.82, 2.24) is 5.32 Å². The van der Waals surface area contributed by atoms with Crippen LogP contribution in [0.25, 0.3) is 10.8 Å². The van der Waals surface area contributed by atoms with Gasteiger partial charge in [0.2, 0.25) is 5.91 Å². The van der Waals surface area contributed by atoms with Crippen LogP contribution in [0.4, 0.5) is 0 Å². The molecule has 1 N–H and O–H groups in total. The van der Waals surface area contributed by atoms with Crippen LogP contribution >= 0.6 is 23.2 Å². The summed E-state index contributed by atoms with van der Waals surface area (Å²) in [5, 5.41) is 5.80. The summed E-state index contributed by atoms with van der Waals surface area (Å²) >= 11 is 12.5. The first-order chi connectivity index (χ1) is 13.5. The first kappa shape index (κ1) is 20.3. The fourth-order valence-corrected chi connectivity index (χ4v) is 3.47. The van der Waals surface area contributed by atoms with Crippen molar-refractivity contribution < 1.29 is 14.3 Å². The Balaban J connectivity index is 1.76. The van der Waals surface area contributed by atoms with Gasteiger partial charge in [0.25, 0.3) is 0 Å². The second-order valence-corrected chi connectivity index (χ2v) is 7.14. The molecule has 0 spiro atoms. The Labute approximate surface area is 174 Å². The minimum Gasteiger partial charge on any atom is -0.491 e. The lowest BCUT2D eigenvalue weighted by atomic mass is 10.0. The molecular formula is C22H21Cl2NO3. The molecule has 0 saturated heterocycles. The molecule has 146 valence electrons. The van der Waals surface area contributed by atoms with E-state index in [2.05, 4.69) is 17.4 Å². The van der Waals surface area contributed by atoms with Gasteiger partial charge in [-0.15, -0.1) is 0 Å². The van der Waals surface area contributed by atoms with E-state index < -0.39 is 0 Å². The Morgan fingerprint density at radius 2 is 1.64 bits per heavy atom. The molecule has 0 bridgehead atoms. The third-order valence-electron chi connectivity index (χ3n) is 4.16. The van der Waals surface area contributed by atoms with Crippen LogP contribution in [0.3, 0.4) is 0 Å². The van der Waals surface area contributed by atoms with E-state index in [0.717, 1.165) is 17.2 Å². The van der Waals surface area contributed by atoms with E-state index in [9.17, 15) is 4.79 Å². The van der Waals surface area contributed by atoms with Crippen LogP contribution in [0, 0.1) is 0 Å². The van der Waals surface area contributed by atoms with Crippen molar-refractivity contribution in [3.8, 4) is 17.2 Å². The molecule has 6 heteroatoms. The molecule has 3 aromatic rings.